The highest BCUT2D eigenvalue weighted by molar-refractivity contribution is 6.44. The molecular weight excluding hydrogens is 287 g/mol. The summed E-state index contributed by atoms with van der Waals surface area (Å²) in [7, 11) is 1.66. The maximum absolute atomic E-state index is 12.1. The monoisotopic (exact) mass is 294 g/mol. The van der Waals surface area contributed by atoms with Crippen LogP contribution < -0.4 is 5.32 Å². The number of carbonyl (C=O) groups is 1. The first-order chi connectivity index (χ1) is 9.02. The molecule has 0 saturated carbocycles. The fourth-order valence-electron chi connectivity index (χ4n) is 1.52. The normalized spacial score (nSPS) is 10.0. The Morgan fingerprint density at radius 2 is 2.21 bits per heavy atom. The number of benzene rings is 1. The van der Waals surface area contributed by atoms with E-state index >= 15 is 0 Å². The van der Waals surface area contributed by atoms with Gasteiger partial charge in [0.15, 0.2) is 5.82 Å². The molecular formula is C12H8Cl2N4O. The molecule has 0 aliphatic rings. The van der Waals surface area contributed by atoms with Crippen LogP contribution in [0, 0.1) is 11.3 Å². The zero-order valence-corrected chi connectivity index (χ0v) is 11.3. The predicted molar refractivity (Wildman–Crippen MR) is 72.3 cm³/mol. The van der Waals surface area contributed by atoms with E-state index in [4.69, 9.17) is 28.5 Å². The van der Waals surface area contributed by atoms with Gasteiger partial charge in [-0.15, -0.1) is 0 Å². The Morgan fingerprint density at radius 3 is 2.89 bits per heavy atom. The Balaban J connectivity index is 2.31. The molecule has 7 heteroatoms. The second-order valence-electron chi connectivity index (χ2n) is 3.73. The second-order valence-corrected chi connectivity index (χ2v) is 4.52. The first-order valence-electron chi connectivity index (χ1n) is 5.22. The van der Waals surface area contributed by atoms with E-state index in [0.29, 0.717) is 0 Å². The molecule has 0 spiro atoms. The van der Waals surface area contributed by atoms with E-state index in [9.17, 15) is 4.79 Å². The molecule has 0 bridgehead atoms. The Kier molecular flexibility index (Phi) is 3.74. The lowest BCUT2D eigenvalue weighted by molar-refractivity contribution is 0.102. The van der Waals surface area contributed by atoms with Crippen molar-refractivity contribution in [3.05, 3.63) is 45.6 Å². The summed E-state index contributed by atoms with van der Waals surface area (Å²) in [4.78, 5) is 12.1. The maximum atomic E-state index is 12.1. The summed E-state index contributed by atoms with van der Waals surface area (Å²) in [5.41, 5.74) is 0.498. The smallest absolute Gasteiger partial charge is 0.258 e. The van der Waals surface area contributed by atoms with Gasteiger partial charge < -0.3 is 5.32 Å². The number of hydrogen-bond acceptors (Lipinski definition) is 3. The van der Waals surface area contributed by atoms with E-state index < -0.39 is 5.91 Å². The van der Waals surface area contributed by atoms with Crippen molar-refractivity contribution >= 4 is 34.9 Å². The minimum absolute atomic E-state index is 0.163. The maximum Gasteiger partial charge on any atom is 0.258 e. The summed E-state index contributed by atoms with van der Waals surface area (Å²) in [5, 5.41) is 15.9. The van der Waals surface area contributed by atoms with Crippen LogP contribution in [0.25, 0.3) is 0 Å². The molecule has 2 aromatic rings. The molecule has 0 radical (unpaired) electrons. The predicted octanol–water partition coefficient (Wildman–Crippen LogP) is 2.85. The highest BCUT2D eigenvalue weighted by Crippen LogP contribution is 2.26. The van der Waals surface area contributed by atoms with Crippen LogP contribution in [0.5, 0.6) is 0 Å². The van der Waals surface area contributed by atoms with E-state index in [0.717, 1.165) is 0 Å². The third-order valence-electron chi connectivity index (χ3n) is 2.38. The number of nitrogens with zero attached hydrogens (tertiary/aromatic N) is 3. The third kappa shape index (κ3) is 2.70. The van der Waals surface area contributed by atoms with Crippen LogP contribution in [0.3, 0.4) is 0 Å². The third-order valence-corrected chi connectivity index (χ3v) is 3.20. The van der Waals surface area contributed by atoms with Gasteiger partial charge in [-0.1, -0.05) is 29.3 Å². The molecule has 0 unspecified atom stereocenters. The summed E-state index contributed by atoms with van der Waals surface area (Å²) < 4.78 is 1.44. The Labute approximate surface area is 119 Å². The molecule has 0 aliphatic heterocycles. The van der Waals surface area contributed by atoms with Gasteiger partial charge in [-0.05, 0) is 12.1 Å². The topological polar surface area (TPSA) is 70.7 Å². The van der Waals surface area contributed by atoms with Gasteiger partial charge in [0.25, 0.3) is 5.91 Å². The molecule has 1 aromatic heterocycles. The SMILES string of the molecule is Cn1cc(C#N)c(NC(=O)c2cccc(Cl)c2Cl)n1. The van der Waals surface area contributed by atoms with Gasteiger partial charge in [0, 0.05) is 13.2 Å². The minimum Gasteiger partial charge on any atom is -0.304 e. The van der Waals surface area contributed by atoms with E-state index in [1.807, 2.05) is 6.07 Å². The summed E-state index contributed by atoms with van der Waals surface area (Å²) in [5.74, 6) is -0.284. The second kappa shape index (κ2) is 5.31. The average molecular weight is 295 g/mol. The van der Waals surface area contributed by atoms with Crippen molar-refractivity contribution in [2.45, 2.75) is 0 Å². The minimum atomic E-state index is -0.470. The fourth-order valence-corrected chi connectivity index (χ4v) is 1.90. The van der Waals surface area contributed by atoms with E-state index in [2.05, 4.69) is 10.4 Å². The van der Waals surface area contributed by atoms with E-state index in [1.165, 1.54) is 10.9 Å². The van der Waals surface area contributed by atoms with Crippen molar-refractivity contribution in [3.8, 4) is 6.07 Å². The summed E-state index contributed by atoms with van der Waals surface area (Å²) >= 11 is 11.8. The van der Waals surface area contributed by atoms with Crippen molar-refractivity contribution in [2.24, 2.45) is 7.05 Å². The molecule has 1 N–H and O–H groups in total. The molecule has 0 fully saturated rings. The molecule has 5 nitrogen and oxygen atoms in total. The number of anilines is 1. The van der Waals surface area contributed by atoms with Crippen molar-refractivity contribution < 1.29 is 4.79 Å². The van der Waals surface area contributed by atoms with E-state index in [-0.39, 0.29) is 27.0 Å². The average Bonchev–Trinajstić information content (AvgIpc) is 2.72. The first kappa shape index (κ1) is 13.4. The molecule has 1 aromatic carbocycles. The summed E-state index contributed by atoms with van der Waals surface area (Å²) in [6.07, 6.45) is 1.51. The number of aromatic nitrogens is 2. The first-order valence-corrected chi connectivity index (χ1v) is 5.97. The lowest BCUT2D eigenvalue weighted by atomic mass is 10.2. The molecule has 96 valence electrons. The van der Waals surface area contributed by atoms with Crippen molar-refractivity contribution in [3.63, 3.8) is 0 Å². The number of hydrogen-bond donors (Lipinski definition) is 1. The molecule has 2 rings (SSSR count). The van der Waals surface area contributed by atoms with Gasteiger partial charge in [-0.2, -0.15) is 10.4 Å². The van der Waals surface area contributed by atoms with Gasteiger partial charge in [0.05, 0.1) is 15.6 Å². The summed E-state index contributed by atoms with van der Waals surface area (Å²) in [6, 6.07) is 6.69. The lowest BCUT2D eigenvalue weighted by Gasteiger charge is -2.05. The Morgan fingerprint density at radius 1 is 1.47 bits per heavy atom. The number of nitrogens with one attached hydrogen (secondary N) is 1. The van der Waals surface area contributed by atoms with Gasteiger partial charge in [-0.3, -0.25) is 9.48 Å². The molecule has 0 atom stereocenters. The van der Waals surface area contributed by atoms with Crippen LogP contribution in [-0.4, -0.2) is 15.7 Å². The highest BCUT2D eigenvalue weighted by atomic mass is 35.5. The van der Waals surface area contributed by atoms with Crippen molar-refractivity contribution in [2.75, 3.05) is 5.32 Å². The molecule has 19 heavy (non-hydrogen) atoms. The zero-order valence-electron chi connectivity index (χ0n) is 9.82. The number of rotatable bonds is 2. The van der Waals surface area contributed by atoms with Gasteiger partial charge in [0.1, 0.15) is 11.6 Å². The quantitative estimate of drug-likeness (QED) is 0.926. The number of nitriles is 1. The zero-order chi connectivity index (χ0) is 14.0. The Bertz CT molecular complexity index is 688. The molecule has 0 aliphatic carbocycles. The molecule has 1 amide bonds. The van der Waals surface area contributed by atoms with Gasteiger partial charge in [0.2, 0.25) is 0 Å². The van der Waals surface area contributed by atoms with Gasteiger partial charge >= 0.3 is 0 Å². The Hall–Kier alpha value is -2.03. The van der Waals surface area contributed by atoms with Gasteiger partial charge in [-0.25, -0.2) is 0 Å². The van der Waals surface area contributed by atoms with Crippen LogP contribution >= 0.6 is 23.2 Å². The van der Waals surface area contributed by atoms with E-state index in [1.54, 1.807) is 25.2 Å². The lowest BCUT2D eigenvalue weighted by Crippen LogP contribution is -2.14. The van der Waals surface area contributed by atoms with Crippen LogP contribution in [0.1, 0.15) is 15.9 Å². The number of carbonyl (C=O) groups excluding carboxylic acids is 1. The number of halogens is 2. The van der Waals surface area contributed by atoms with Crippen LogP contribution in [-0.2, 0) is 7.05 Å². The van der Waals surface area contributed by atoms with Crippen molar-refractivity contribution in [1.82, 2.24) is 9.78 Å². The molecule has 0 saturated heterocycles. The fraction of sp³-hybridized carbons (Fsp3) is 0.0833. The highest BCUT2D eigenvalue weighted by Gasteiger charge is 2.16. The van der Waals surface area contributed by atoms with Crippen LogP contribution in [0.2, 0.25) is 10.0 Å². The molecule has 1 heterocycles. The standard InChI is InChI=1S/C12H8Cl2N4O/c1-18-6-7(5-15)11(17-18)16-12(19)8-3-2-4-9(13)10(8)14/h2-4,6H,1H3,(H,16,17,19). The van der Waals surface area contributed by atoms with Crippen LogP contribution in [0.15, 0.2) is 24.4 Å². The largest absolute Gasteiger partial charge is 0.304 e. The number of amides is 1. The van der Waals surface area contributed by atoms with Crippen LogP contribution in [0.4, 0.5) is 5.82 Å². The number of aryl methyl sites for hydroxylation is 1. The summed E-state index contributed by atoms with van der Waals surface area (Å²) in [6.45, 7) is 0. The van der Waals surface area contributed by atoms with Crippen molar-refractivity contribution in [1.29, 1.82) is 5.26 Å².